The van der Waals surface area contributed by atoms with Crippen LogP contribution in [0.3, 0.4) is 0 Å². The zero-order valence-corrected chi connectivity index (χ0v) is 18.9. The van der Waals surface area contributed by atoms with Crippen LogP contribution in [0.5, 0.6) is 0 Å². The lowest BCUT2D eigenvalue weighted by molar-refractivity contribution is -0.0891. The predicted octanol–water partition coefficient (Wildman–Crippen LogP) is 7.14. The molecule has 0 spiro atoms. The number of rotatable bonds is 5. The summed E-state index contributed by atoms with van der Waals surface area (Å²) in [6.45, 7) is 17.8. The second-order valence-electron chi connectivity index (χ2n) is 11.7. The second-order valence-corrected chi connectivity index (χ2v) is 11.7. The molecular weight excluding hydrogens is 316 g/mol. The van der Waals surface area contributed by atoms with Gasteiger partial charge in [-0.3, -0.25) is 0 Å². The maximum Gasteiger partial charge on any atom is -0.0264 e. The number of hydrogen-bond acceptors (Lipinski definition) is 0. The van der Waals surface area contributed by atoms with E-state index in [0.29, 0.717) is 10.8 Å². The van der Waals surface area contributed by atoms with Gasteiger partial charge in [-0.2, -0.15) is 0 Å². The predicted molar refractivity (Wildman–Crippen MR) is 114 cm³/mol. The molecular formula is C25H48O. The third-order valence-corrected chi connectivity index (χ3v) is 9.80. The molecule has 0 aliphatic heterocycles. The Bertz CT molecular complexity index is 453. The Labute approximate surface area is 164 Å². The smallest absolute Gasteiger partial charge is 0.0264 e. The summed E-state index contributed by atoms with van der Waals surface area (Å²) in [5.74, 6) is 6.83. The fourth-order valence-electron chi connectivity index (χ4n) is 7.82. The van der Waals surface area contributed by atoms with E-state index in [-0.39, 0.29) is 5.48 Å². The third kappa shape index (κ3) is 3.76. The summed E-state index contributed by atoms with van der Waals surface area (Å²) in [6, 6.07) is 0. The summed E-state index contributed by atoms with van der Waals surface area (Å²) in [5.41, 5.74) is 1.24. The molecule has 0 aromatic heterocycles. The Hall–Kier alpha value is -0.0400. The molecule has 0 saturated heterocycles. The van der Waals surface area contributed by atoms with E-state index in [1.54, 1.807) is 6.42 Å². The molecule has 0 amide bonds. The zero-order valence-electron chi connectivity index (χ0n) is 18.9. The van der Waals surface area contributed by atoms with Gasteiger partial charge in [-0.25, -0.2) is 0 Å². The Morgan fingerprint density at radius 2 is 1.54 bits per heavy atom. The van der Waals surface area contributed by atoms with Gasteiger partial charge in [0.25, 0.3) is 0 Å². The first-order valence-electron chi connectivity index (χ1n) is 11.7. The van der Waals surface area contributed by atoms with Crippen LogP contribution in [0, 0.1) is 52.3 Å². The van der Waals surface area contributed by atoms with Crippen molar-refractivity contribution in [2.45, 2.75) is 106 Å². The maximum atomic E-state index is 2.72. The van der Waals surface area contributed by atoms with E-state index in [0.717, 1.165) is 41.4 Å². The van der Waals surface area contributed by atoms with Gasteiger partial charge in [-0.1, -0.05) is 67.7 Å². The van der Waals surface area contributed by atoms with Crippen LogP contribution in [-0.4, -0.2) is 5.48 Å². The molecule has 1 nitrogen and oxygen atoms in total. The Morgan fingerprint density at radius 3 is 2.19 bits per heavy atom. The molecule has 3 rings (SSSR count). The highest BCUT2D eigenvalue weighted by Crippen LogP contribution is 2.66. The highest BCUT2D eigenvalue weighted by molar-refractivity contribution is 5.07. The molecule has 0 aromatic rings. The Balaban J connectivity index is 0.00000243. The summed E-state index contributed by atoms with van der Waals surface area (Å²) >= 11 is 0. The van der Waals surface area contributed by atoms with Crippen molar-refractivity contribution in [1.29, 1.82) is 0 Å². The summed E-state index contributed by atoms with van der Waals surface area (Å²) in [4.78, 5) is 0. The molecule has 1 heteroatoms. The van der Waals surface area contributed by atoms with Crippen molar-refractivity contribution >= 4 is 0 Å². The van der Waals surface area contributed by atoms with Gasteiger partial charge in [0, 0.05) is 0 Å². The average molecular weight is 365 g/mol. The molecule has 3 saturated carbocycles. The van der Waals surface area contributed by atoms with Crippen molar-refractivity contribution in [3.05, 3.63) is 0 Å². The minimum absolute atomic E-state index is 0. The molecule has 7 unspecified atom stereocenters. The van der Waals surface area contributed by atoms with Gasteiger partial charge >= 0.3 is 0 Å². The first-order chi connectivity index (χ1) is 11.7. The van der Waals surface area contributed by atoms with Crippen LogP contribution in [0.1, 0.15) is 106 Å². The molecule has 2 N–H and O–H groups in total. The van der Waals surface area contributed by atoms with Crippen LogP contribution < -0.4 is 0 Å². The highest BCUT2D eigenvalue weighted by atomic mass is 16.0. The fourth-order valence-corrected chi connectivity index (χ4v) is 7.82. The van der Waals surface area contributed by atoms with Crippen LogP contribution in [0.4, 0.5) is 0 Å². The van der Waals surface area contributed by atoms with Crippen LogP contribution in [0.25, 0.3) is 0 Å². The summed E-state index contributed by atoms with van der Waals surface area (Å²) in [5, 5.41) is 0. The van der Waals surface area contributed by atoms with Crippen molar-refractivity contribution in [2.24, 2.45) is 52.3 Å². The molecule has 0 bridgehead atoms. The van der Waals surface area contributed by atoms with E-state index in [9.17, 15) is 0 Å². The monoisotopic (exact) mass is 364 g/mol. The average Bonchev–Trinajstić information content (AvgIpc) is 2.88. The first-order valence-corrected chi connectivity index (χ1v) is 11.7. The fraction of sp³-hybridized carbons (Fsp3) is 1.00. The molecule has 3 aliphatic carbocycles. The normalized spacial score (nSPS) is 42.7. The largest absolute Gasteiger partial charge is 0.412 e. The Kier molecular flexibility index (Phi) is 6.97. The lowest BCUT2D eigenvalue weighted by Gasteiger charge is -2.58. The van der Waals surface area contributed by atoms with E-state index in [1.165, 1.54) is 51.4 Å². The van der Waals surface area contributed by atoms with Crippen LogP contribution in [-0.2, 0) is 0 Å². The molecule has 7 atom stereocenters. The van der Waals surface area contributed by atoms with Gasteiger partial charge in [0.1, 0.15) is 0 Å². The van der Waals surface area contributed by atoms with Crippen molar-refractivity contribution in [1.82, 2.24) is 0 Å². The van der Waals surface area contributed by atoms with Gasteiger partial charge in [0.05, 0.1) is 0 Å². The van der Waals surface area contributed by atoms with Gasteiger partial charge in [0.15, 0.2) is 0 Å². The lowest BCUT2D eigenvalue weighted by atomic mass is 9.47. The summed E-state index contributed by atoms with van der Waals surface area (Å²) < 4.78 is 0. The number of hydrogen-bond donors (Lipinski definition) is 0. The maximum absolute atomic E-state index is 2.72. The lowest BCUT2D eigenvalue weighted by Crippen LogP contribution is -2.50. The van der Waals surface area contributed by atoms with Crippen molar-refractivity contribution < 1.29 is 5.48 Å². The summed E-state index contributed by atoms with van der Waals surface area (Å²) in [7, 11) is 0. The van der Waals surface area contributed by atoms with Crippen molar-refractivity contribution in [2.75, 3.05) is 0 Å². The van der Waals surface area contributed by atoms with Gasteiger partial charge < -0.3 is 5.48 Å². The van der Waals surface area contributed by atoms with Crippen LogP contribution >= 0.6 is 0 Å². The molecule has 26 heavy (non-hydrogen) atoms. The van der Waals surface area contributed by atoms with Crippen LogP contribution in [0.15, 0.2) is 0 Å². The van der Waals surface area contributed by atoms with E-state index >= 15 is 0 Å². The zero-order chi connectivity index (χ0) is 18.4. The van der Waals surface area contributed by atoms with E-state index in [1.807, 2.05) is 0 Å². The molecule has 3 aliphatic rings. The molecule has 0 radical (unpaired) electrons. The molecule has 0 aromatic carbocycles. The molecule has 0 heterocycles. The van der Waals surface area contributed by atoms with Gasteiger partial charge in [0.2, 0.25) is 0 Å². The third-order valence-electron chi connectivity index (χ3n) is 9.80. The number of fused-ring (bicyclic) bond motifs is 3. The van der Waals surface area contributed by atoms with Crippen molar-refractivity contribution in [3.8, 4) is 0 Å². The van der Waals surface area contributed by atoms with E-state index in [2.05, 4.69) is 48.5 Å². The minimum Gasteiger partial charge on any atom is -0.412 e. The minimum atomic E-state index is 0. The summed E-state index contributed by atoms with van der Waals surface area (Å²) in [6.07, 6.45) is 13.5. The molecule has 3 fully saturated rings. The van der Waals surface area contributed by atoms with E-state index < -0.39 is 0 Å². The quantitative estimate of drug-likeness (QED) is 0.496. The second kappa shape index (κ2) is 8.14. The van der Waals surface area contributed by atoms with E-state index in [4.69, 9.17) is 0 Å². The SMILES string of the molecule is CC(C)CCCC(C)C1CCC2C3CCC(C)C(C)(C)C3CCC12C.O. The highest BCUT2D eigenvalue weighted by Gasteiger charge is 2.58. The van der Waals surface area contributed by atoms with Crippen molar-refractivity contribution in [3.63, 3.8) is 0 Å². The van der Waals surface area contributed by atoms with Gasteiger partial charge in [-0.15, -0.1) is 0 Å². The topological polar surface area (TPSA) is 31.5 Å². The van der Waals surface area contributed by atoms with Crippen LogP contribution in [0.2, 0.25) is 0 Å². The molecule has 154 valence electrons. The standard InChI is InChI=1S/C25H46.H2O/c1-17(2)9-8-10-18(3)21-13-14-23-20-12-11-19(4)24(5,6)22(20)15-16-25(21,23)7;/h17-23H,8-16H2,1-7H3;1H2. The first kappa shape index (κ1) is 22.3. The Morgan fingerprint density at radius 1 is 0.846 bits per heavy atom. The van der Waals surface area contributed by atoms with Gasteiger partial charge in [-0.05, 0) is 90.8 Å².